The van der Waals surface area contributed by atoms with E-state index in [2.05, 4.69) is 15.4 Å². The lowest BCUT2D eigenvalue weighted by Gasteiger charge is -2.22. The van der Waals surface area contributed by atoms with E-state index in [0.29, 0.717) is 6.54 Å². The van der Waals surface area contributed by atoms with E-state index >= 15 is 0 Å². The van der Waals surface area contributed by atoms with Gasteiger partial charge in [0.15, 0.2) is 0 Å². The van der Waals surface area contributed by atoms with Crippen molar-refractivity contribution in [3.63, 3.8) is 0 Å². The number of sulfonamides is 1. The molecule has 0 aromatic rings. The number of amides is 1. The van der Waals surface area contributed by atoms with E-state index in [-0.39, 0.29) is 24.2 Å². The lowest BCUT2D eigenvalue weighted by molar-refractivity contribution is -0.123. The number of hydrogen-bond donors (Lipinski definition) is 3. The van der Waals surface area contributed by atoms with E-state index in [4.69, 9.17) is 0 Å². The van der Waals surface area contributed by atoms with Crippen LogP contribution in [0, 0.1) is 0 Å². The predicted molar refractivity (Wildman–Crippen MR) is 66.1 cm³/mol. The van der Waals surface area contributed by atoms with Crippen LogP contribution in [0.15, 0.2) is 0 Å². The maximum atomic E-state index is 11.7. The van der Waals surface area contributed by atoms with Crippen molar-refractivity contribution in [1.82, 2.24) is 15.4 Å². The van der Waals surface area contributed by atoms with Gasteiger partial charge in [-0.1, -0.05) is 13.3 Å². The van der Waals surface area contributed by atoms with Gasteiger partial charge in [0, 0.05) is 13.1 Å². The molecule has 0 bridgehead atoms. The highest BCUT2D eigenvalue weighted by Crippen LogP contribution is 2.06. The summed E-state index contributed by atoms with van der Waals surface area (Å²) in [7, 11) is -3.24. The second kappa shape index (κ2) is 6.93. The van der Waals surface area contributed by atoms with Crippen molar-refractivity contribution in [2.75, 3.05) is 25.4 Å². The quantitative estimate of drug-likeness (QED) is 0.584. The topological polar surface area (TPSA) is 87.3 Å². The van der Waals surface area contributed by atoms with Crippen LogP contribution >= 0.6 is 0 Å². The van der Waals surface area contributed by atoms with E-state index in [1.807, 2.05) is 0 Å². The summed E-state index contributed by atoms with van der Waals surface area (Å²) in [6.45, 7) is 3.11. The molecular formula is C10H21N3O3S. The van der Waals surface area contributed by atoms with Crippen LogP contribution in [0.25, 0.3) is 0 Å². The number of hydrogen-bond acceptors (Lipinski definition) is 4. The van der Waals surface area contributed by atoms with Crippen molar-refractivity contribution in [1.29, 1.82) is 0 Å². The van der Waals surface area contributed by atoms with Gasteiger partial charge in [0.2, 0.25) is 15.9 Å². The summed E-state index contributed by atoms with van der Waals surface area (Å²) in [5, 5.41) is 5.76. The average molecular weight is 263 g/mol. The second-order valence-electron chi connectivity index (χ2n) is 4.11. The van der Waals surface area contributed by atoms with Crippen LogP contribution in [-0.4, -0.2) is 45.8 Å². The first kappa shape index (κ1) is 14.4. The fraction of sp³-hybridized carbons (Fsp3) is 0.900. The molecule has 1 fully saturated rings. The Morgan fingerprint density at radius 2 is 2.18 bits per heavy atom. The third kappa shape index (κ3) is 5.47. The molecule has 0 aliphatic carbocycles. The lowest BCUT2D eigenvalue weighted by Crippen LogP contribution is -2.47. The fourth-order valence-electron chi connectivity index (χ4n) is 1.80. The largest absolute Gasteiger partial charge is 0.354 e. The van der Waals surface area contributed by atoms with Crippen LogP contribution < -0.4 is 15.4 Å². The standard InChI is InChI=1S/C10H21N3O3S/c1-2-13-17(15,16)8-7-12-10(14)9-5-3-4-6-11-9/h9,11,13H,2-8H2,1H3,(H,12,14). The molecule has 100 valence electrons. The fourth-order valence-corrected chi connectivity index (χ4v) is 2.75. The van der Waals surface area contributed by atoms with Crippen molar-refractivity contribution in [2.45, 2.75) is 32.2 Å². The van der Waals surface area contributed by atoms with Gasteiger partial charge in [-0.05, 0) is 19.4 Å². The molecule has 7 heteroatoms. The van der Waals surface area contributed by atoms with Gasteiger partial charge in [-0.15, -0.1) is 0 Å². The summed E-state index contributed by atoms with van der Waals surface area (Å²) in [4.78, 5) is 11.7. The zero-order valence-corrected chi connectivity index (χ0v) is 11.0. The van der Waals surface area contributed by atoms with Gasteiger partial charge in [-0.25, -0.2) is 13.1 Å². The Hall–Kier alpha value is -0.660. The Balaban J connectivity index is 2.24. The zero-order chi connectivity index (χ0) is 12.7. The smallest absolute Gasteiger partial charge is 0.237 e. The minimum Gasteiger partial charge on any atom is -0.354 e. The monoisotopic (exact) mass is 263 g/mol. The zero-order valence-electron chi connectivity index (χ0n) is 10.2. The van der Waals surface area contributed by atoms with Gasteiger partial charge >= 0.3 is 0 Å². The van der Waals surface area contributed by atoms with E-state index in [1.54, 1.807) is 6.92 Å². The van der Waals surface area contributed by atoms with Crippen molar-refractivity contribution in [3.05, 3.63) is 0 Å². The van der Waals surface area contributed by atoms with Crippen molar-refractivity contribution >= 4 is 15.9 Å². The summed E-state index contributed by atoms with van der Waals surface area (Å²) in [6.07, 6.45) is 2.96. The minimum absolute atomic E-state index is 0.0701. The number of rotatable bonds is 6. The van der Waals surface area contributed by atoms with Crippen LogP contribution in [0.5, 0.6) is 0 Å². The average Bonchev–Trinajstić information content (AvgIpc) is 2.29. The first-order valence-electron chi connectivity index (χ1n) is 6.03. The summed E-state index contributed by atoms with van der Waals surface area (Å²) in [5.74, 6) is -0.171. The molecular weight excluding hydrogens is 242 g/mol. The summed E-state index contributed by atoms with van der Waals surface area (Å²) in [6, 6.07) is -0.161. The SMILES string of the molecule is CCNS(=O)(=O)CCNC(=O)C1CCCCN1. The molecule has 1 saturated heterocycles. The third-order valence-electron chi connectivity index (χ3n) is 2.66. The molecule has 1 atom stereocenters. The summed E-state index contributed by atoms with van der Waals surface area (Å²) >= 11 is 0. The maximum Gasteiger partial charge on any atom is 0.237 e. The van der Waals surface area contributed by atoms with Crippen LogP contribution in [-0.2, 0) is 14.8 Å². The first-order chi connectivity index (χ1) is 8.05. The van der Waals surface area contributed by atoms with Gasteiger partial charge < -0.3 is 10.6 Å². The molecule has 1 aliphatic rings. The number of nitrogens with one attached hydrogen (secondary N) is 3. The Labute approximate surface area is 103 Å². The molecule has 17 heavy (non-hydrogen) atoms. The van der Waals surface area contributed by atoms with Gasteiger partial charge in [-0.3, -0.25) is 4.79 Å². The van der Waals surface area contributed by atoms with Gasteiger partial charge in [0.25, 0.3) is 0 Å². The molecule has 0 radical (unpaired) electrons. The van der Waals surface area contributed by atoms with Crippen LogP contribution in [0.4, 0.5) is 0 Å². The molecule has 1 aliphatic heterocycles. The Morgan fingerprint density at radius 1 is 1.41 bits per heavy atom. The first-order valence-corrected chi connectivity index (χ1v) is 7.69. The van der Waals surface area contributed by atoms with Gasteiger partial charge in [-0.2, -0.15) is 0 Å². The normalized spacial score (nSPS) is 21.1. The third-order valence-corrected chi connectivity index (χ3v) is 4.13. The highest BCUT2D eigenvalue weighted by molar-refractivity contribution is 7.89. The lowest BCUT2D eigenvalue weighted by atomic mass is 10.0. The Bertz CT molecular complexity index is 337. The number of piperidine rings is 1. The molecule has 1 unspecified atom stereocenters. The molecule has 1 heterocycles. The van der Waals surface area contributed by atoms with Gasteiger partial charge in [0.1, 0.15) is 0 Å². The second-order valence-corrected chi connectivity index (χ2v) is 6.04. The molecule has 0 aromatic heterocycles. The highest BCUT2D eigenvalue weighted by Gasteiger charge is 2.20. The van der Waals surface area contributed by atoms with Crippen LogP contribution in [0.3, 0.4) is 0 Å². The molecule has 1 rings (SSSR count). The summed E-state index contributed by atoms with van der Waals surface area (Å²) < 4.78 is 25.0. The highest BCUT2D eigenvalue weighted by atomic mass is 32.2. The summed E-state index contributed by atoms with van der Waals surface area (Å²) in [5.41, 5.74) is 0. The molecule has 0 aromatic carbocycles. The van der Waals surface area contributed by atoms with Crippen molar-refractivity contribution < 1.29 is 13.2 Å². The molecule has 3 N–H and O–H groups in total. The van der Waals surface area contributed by atoms with Crippen molar-refractivity contribution in [3.8, 4) is 0 Å². The Morgan fingerprint density at radius 3 is 2.76 bits per heavy atom. The number of carbonyl (C=O) groups excluding carboxylic acids is 1. The van der Waals surface area contributed by atoms with E-state index in [9.17, 15) is 13.2 Å². The van der Waals surface area contributed by atoms with Crippen LogP contribution in [0.1, 0.15) is 26.2 Å². The van der Waals surface area contributed by atoms with Crippen LogP contribution in [0.2, 0.25) is 0 Å². The predicted octanol–water partition coefficient (Wildman–Crippen LogP) is -0.816. The molecule has 6 nitrogen and oxygen atoms in total. The van der Waals surface area contributed by atoms with E-state index in [0.717, 1.165) is 25.8 Å². The minimum atomic E-state index is -3.24. The van der Waals surface area contributed by atoms with E-state index < -0.39 is 10.0 Å². The number of carbonyl (C=O) groups is 1. The van der Waals surface area contributed by atoms with Crippen molar-refractivity contribution in [2.24, 2.45) is 0 Å². The maximum absolute atomic E-state index is 11.7. The Kier molecular flexibility index (Phi) is 5.87. The van der Waals surface area contributed by atoms with Gasteiger partial charge in [0.05, 0.1) is 11.8 Å². The molecule has 0 spiro atoms. The molecule has 0 saturated carbocycles. The molecule has 1 amide bonds. The van der Waals surface area contributed by atoms with E-state index in [1.165, 1.54) is 0 Å².